The number of hydrogen-bond donors (Lipinski definition) is 2. The minimum absolute atomic E-state index is 0. The van der Waals surface area contributed by atoms with Crippen LogP contribution in [-0.4, -0.2) is 49.6 Å². The van der Waals surface area contributed by atoms with Crippen LogP contribution in [0.15, 0.2) is 0 Å². The molecule has 1 unspecified atom stereocenters. The van der Waals surface area contributed by atoms with Gasteiger partial charge in [-0.05, 0) is 19.9 Å². The van der Waals surface area contributed by atoms with E-state index in [2.05, 4.69) is 29.4 Å². The Morgan fingerprint density at radius 3 is 2.38 bits per heavy atom. The zero-order chi connectivity index (χ0) is 11.4. The van der Waals surface area contributed by atoms with E-state index in [-0.39, 0.29) is 24.4 Å². The second-order valence-corrected chi connectivity index (χ2v) is 4.83. The van der Waals surface area contributed by atoms with Crippen LogP contribution in [0.2, 0.25) is 0 Å². The predicted octanol–water partition coefficient (Wildman–Crippen LogP) is 0.472. The molecular formula is C11H24ClN3O. The van der Waals surface area contributed by atoms with E-state index < -0.39 is 0 Å². The molecule has 1 aliphatic heterocycles. The fourth-order valence-electron chi connectivity index (χ4n) is 1.41. The van der Waals surface area contributed by atoms with Gasteiger partial charge in [-0.1, -0.05) is 13.8 Å². The molecule has 5 heteroatoms. The van der Waals surface area contributed by atoms with Crippen LogP contribution in [0.4, 0.5) is 0 Å². The molecule has 0 aromatic rings. The van der Waals surface area contributed by atoms with Crippen molar-refractivity contribution in [1.82, 2.24) is 15.5 Å². The van der Waals surface area contributed by atoms with Gasteiger partial charge in [-0.15, -0.1) is 12.4 Å². The first-order valence-electron chi connectivity index (χ1n) is 5.71. The lowest BCUT2D eigenvalue weighted by molar-refractivity contribution is -0.123. The van der Waals surface area contributed by atoms with Crippen molar-refractivity contribution in [3.63, 3.8) is 0 Å². The van der Waals surface area contributed by atoms with Crippen LogP contribution in [0.25, 0.3) is 0 Å². The predicted molar refractivity (Wildman–Crippen MR) is 69.0 cm³/mol. The van der Waals surface area contributed by atoms with Gasteiger partial charge in [-0.2, -0.15) is 0 Å². The van der Waals surface area contributed by atoms with Gasteiger partial charge in [0.1, 0.15) is 0 Å². The summed E-state index contributed by atoms with van der Waals surface area (Å²) in [6, 6.07) is 0.788. The molecule has 96 valence electrons. The first-order chi connectivity index (χ1) is 7.00. The number of carbonyl (C=O) groups excluding carboxylic acids is 1. The summed E-state index contributed by atoms with van der Waals surface area (Å²) in [7, 11) is 2.01. The Hall–Kier alpha value is -0.320. The molecule has 1 fully saturated rings. The van der Waals surface area contributed by atoms with Crippen LogP contribution < -0.4 is 10.6 Å². The average Bonchev–Trinajstić information content (AvgIpc) is 1.99. The Kier molecular flexibility index (Phi) is 6.95. The molecule has 1 aliphatic rings. The Balaban J connectivity index is 0.00000225. The van der Waals surface area contributed by atoms with E-state index in [1.54, 1.807) is 0 Å². The van der Waals surface area contributed by atoms with Crippen molar-refractivity contribution in [2.75, 3.05) is 26.7 Å². The number of halogens is 1. The molecule has 0 spiro atoms. The number of nitrogens with one attached hydrogen (secondary N) is 2. The monoisotopic (exact) mass is 249 g/mol. The molecule has 1 rings (SSSR count). The Morgan fingerprint density at radius 1 is 1.44 bits per heavy atom. The van der Waals surface area contributed by atoms with Gasteiger partial charge in [-0.3, -0.25) is 9.69 Å². The number of carbonyl (C=O) groups is 1. The second kappa shape index (κ2) is 7.09. The van der Waals surface area contributed by atoms with E-state index in [1.165, 1.54) is 0 Å². The molecule has 0 bridgehead atoms. The second-order valence-electron chi connectivity index (χ2n) is 4.83. The van der Waals surface area contributed by atoms with Crippen LogP contribution >= 0.6 is 12.4 Å². The van der Waals surface area contributed by atoms with Crippen molar-refractivity contribution in [2.45, 2.75) is 32.9 Å². The Bertz CT molecular complexity index is 219. The lowest BCUT2D eigenvalue weighted by Gasteiger charge is -2.35. The van der Waals surface area contributed by atoms with Gasteiger partial charge in [0.05, 0.1) is 6.54 Å². The summed E-state index contributed by atoms with van der Waals surface area (Å²) in [6.45, 7) is 8.79. The smallest absolute Gasteiger partial charge is 0.234 e. The molecule has 2 N–H and O–H groups in total. The normalized spacial score (nSPS) is 17.9. The van der Waals surface area contributed by atoms with Gasteiger partial charge in [0.2, 0.25) is 5.91 Å². The SMILES string of the molecule is CC(C)C(C)NC(=O)CN(C)C1CNC1.Cl. The van der Waals surface area contributed by atoms with E-state index in [0.29, 0.717) is 18.5 Å². The van der Waals surface area contributed by atoms with Crippen molar-refractivity contribution in [2.24, 2.45) is 5.92 Å². The first-order valence-corrected chi connectivity index (χ1v) is 5.71. The number of nitrogens with zero attached hydrogens (tertiary/aromatic N) is 1. The maximum absolute atomic E-state index is 11.6. The third-order valence-electron chi connectivity index (χ3n) is 3.16. The molecule has 1 atom stereocenters. The van der Waals surface area contributed by atoms with E-state index in [4.69, 9.17) is 0 Å². The van der Waals surface area contributed by atoms with Crippen LogP contribution in [0, 0.1) is 5.92 Å². The van der Waals surface area contributed by atoms with E-state index in [1.807, 2.05) is 14.0 Å². The van der Waals surface area contributed by atoms with Gasteiger partial charge < -0.3 is 10.6 Å². The molecule has 0 aromatic heterocycles. The van der Waals surface area contributed by atoms with E-state index in [9.17, 15) is 4.79 Å². The summed E-state index contributed by atoms with van der Waals surface area (Å²) >= 11 is 0. The third kappa shape index (κ3) is 4.68. The van der Waals surface area contributed by atoms with E-state index in [0.717, 1.165) is 13.1 Å². The molecule has 0 aliphatic carbocycles. The minimum Gasteiger partial charge on any atom is -0.352 e. The maximum Gasteiger partial charge on any atom is 0.234 e. The molecule has 0 aromatic carbocycles. The number of hydrogen-bond acceptors (Lipinski definition) is 3. The molecular weight excluding hydrogens is 226 g/mol. The maximum atomic E-state index is 11.6. The number of likely N-dealkylation sites (N-methyl/N-ethyl adjacent to an activating group) is 1. The van der Waals surface area contributed by atoms with Gasteiger partial charge in [-0.25, -0.2) is 0 Å². The summed E-state index contributed by atoms with van der Waals surface area (Å²) in [5, 5.41) is 6.21. The highest BCUT2D eigenvalue weighted by molar-refractivity contribution is 5.85. The zero-order valence-corrected chi connectivity index (χ0v) is 11.4. The fourth-order valence-corrected chi connectivity index (χ4v) is 1.41. The molecule has 0 radical (unpaired) electrons. The van der Waals surface area contributed by atoms with Crippen LogP contribution in [0.5, 0.6) is 0 Å². The van der Waals surface area contributed by atoms with Crippen molar-refractivity contribution >= 4 is 18.3 Å². The first kappa shape index (κ1) is 15.7. The number of amides is 1. The van der Waals surface area contributed by atoms with E-state index >= 15 is 0 Å². The lowest BCUT2D eigenvalue weighted by Crippen LogP contribution is -2.57. The van der Waals surface area contributed by atoms with Gasteiger partial charge in [0.15, 0.2) is 0 Å². The molecule has 1 saturated heterocycles. The highest BCUT2D eigenvalue weighted by Gasteiger charge is 2.23. The standard InChI is InChI=1S/C11H23N3O.ClH/c1-8(2)9(3)13-11(15)7-14(4)10-5-12-6-10;/h8-10,12H,5-7H2,1-4H3,(H,13,15);1H. The summed E-state index contributed by atoms with van der Waals surface area (Å²) in [5.41, 5.74) is 0. The van der Waals surface area contributed by atoms with Gasteiger partial charge >= 0.3 is 0 Å². The summed E-state index contributed by atoms with van der Waals surface area (Å²) in [5.74, 6) is 0.621. The minimum atomic E-state index is 0. The lowest BCUT2D eigenvalue weighted by atomic mass is 10.1. The van der Waals surface area contributed by atoms with Gasteiger partial charge in [0, 0.05) is 25.2 Å². The zero-order valence-electron chi connectivity index (χ0n) is 10.6. The average molecular weight is 250 g/mol. The van der Waals surface area contributed by atoms with Crippen molar-refractivity contribution in [1.29, 1.82) is 0 Å². The van der Waals surface area contributed by atoms with Crippen molar-refractivity contribution in [3.8, 4) is 0 Å². The fraction of sp³-hybridized carbons (Fsp3) is 0.909. The molecule has 0 saturated carbocycles. The number of rotatable bonds is 5. The highest BCUT2D eigenvalue weighted by Crippen LogP contribution is 2.02. The molecule has 4 nitrogen and oxygen atoms in total. The summed E-state index contributed by atoms with van der Waals surface area (Å²) in [4.78, 5) is 13.7. The van der Waals surface area contributed by atoms with Crippen molar-refractivity contribution < 1.29 is 4.79 Å². The van der Waals surface area contributed by atoms with Crippen LogP contribution in [0.1, 0.15) is 20.8 Å². The van der Waals surface area contributed by atoms with Crippen LogP contribution in [-0.2, 0) is 4.79 Å². The highest BCUT2D eigenvalue weighted by atomic mass is 35.5. The molecule has 1 heterocycles. The topological polar surface area (TPSA) is 44.4 Å². The quantitative estimate of drug-likeness (QED) is 0.745. The molecule has 1 amide bonds. The summed E-state index contributed by atoms with van der Waals surface area (Å²) < 4.78 is 0. The van der Waals surface area contributed by atoms with Crippen LogP contribution in [0.3, 0.4) is 0 Å². The largest absolute Gasteiger partial charge is 0.352 e. The molecule has 16 heavy (non-hydrogen) atoms. The van der Waals surface area contributed by atoms with Gasteiger partial charge in [0.25, 0.3) is 0 Å². The Labute approximate surface area is 105 Å². The third-order valence-corrected chi connectivity index (χ3v) is 3.16. The Morgan fingerprint density at radius 2 is 2.00 bits per heavy atom. The van der Waals surface area contributed by atoms with Crippen molar-refractivity contribution in [3.05, 3.63) is 0 Å². The summed E-state index contributed by atoms with van der Waals surface area (Å²) in [6.07, 6.45) is 0.